The highest BCUT2D eigenvalue weighted by Crippen LogP contribution is 2.38. The molecule has 0 saturated carbocycles. The smallest absolute Gasteiger partial charge is 0.0972 e. The van der Waals surface area contributed by atoms with Crippen LogP contribution in [0.1, 0.15) is 0 Å². The summed E-state index contributed by atoms with van der Waals surface area (Å²) in [6, 6.07) is 61.4. The van der Waals surface area contributed by atoms with E-state index in [0.717, 1.165) is 44.3 Å². The normalized spacial score (nSPS) is 11.8. The lowest BCUT2D eigenvalue weighted by Gasteiger charge is -2.09. The zero-order valence-corrected chi connectivity index (χ0v) is 29.5. The van der Waals surface area contributed by atoms with Crippen molar-refractivity contribution in [3.8, 4) is 44.8 Å². The molecule has 0 unspecified atom stereocenters. The van der Waals surface area contributed by atoms with Crippen LogP contribution in [0.25, 0.3) is 107 Å². The topological polar surface area (TPSA) is 25.8 Å². The summed E-state index contributed by atoms with van der Waals surface area (Å²) in [5.74, 6) is 0. The Labute approximate surface area is 307 Å². The summed E-state index contributed by atoms with van der Waals surface area (Å²) in [7, 11) is 0. The van der Waals surface area contributed by atoms with Crippen LogP contribution in [0.4, 0.5) is 0 Å². The molecule has 0 aliphatic heterocycles. The molecule has 4 heterocycles. The minimum atomic E-state index is 0.920. The highest BCUT2D eigenvalue weighted by atomic mass is 32.1. The van der Waals surface area contributed by atoms with Gasteiger partial charge in [0.25, 0.3) is 0 Å². The van der Waals surface area contributed by atoms with Gasteiger partial charge in [-0.25, -0.2) is 9.97 Å². The van der Waals surface area contributed by atoms with E-state index in [1.165, 1.54) is 62.6 Å². The van der Waals surface area contributed by atoms with E-state index in [1.807, 2.05) is 22.7 Å². The lowest BCUT2D eigenvalue weighted by molar-refractivity contribution is 1.36. The summed E-state index contributed by atoms with van der Waals surface area (Å²) in [5.41, 5.74) is 10.7. The van der Waals surface area contributed by atoms with E-state index in [4.69, 9.17) is 9.97 Å². The van der Waals surface area contributed by atoms with Crippen LogP contribution in [0.2, 0.25) is 0 Å². The van der Waals surface area contributed by atoms with Gasteiger partial charge in [-0.05, 0) is 70.8 Å². The van der Waals surface area contributed by atoms with Gasteiger partial charge in [-0.3, -0.25) is 0 Å². The minimum Gasteiger partial charge on any atom is -0.245 e. The monoisotopic (exact) mass is 696 g/mol. The van der Waals surface area contributed by atoms with Gasteiger partial charge in [0.1, 0.15) is 0 Å². The summed E-state index contributed by atoms with van der Waals surface area (Å²) in [4.78, 5) is 10.4. The van der Waals surface area contributed by atoms with Crippen molar-refractivity contribution in [1.29, 1.82) is 0 Å². The van der Waals surface area contributed by atoms with Gasteiger partial charge >= 0.3 is 0 Å². The first-order valence-corrected chi connectivity index (χ1v) is 19.1. The van der Waals surface area contributed by atoms with Crippen LogP contribution in [0.15, 0.2) is 170 Å². The number of nitrogens with zero attached hydrogens (tertiary/aromatic N) is 2. The highest BCUT2D eigenvalue weighted by molar-refractivity contribution is 7.26. The SMILES string of the molecule is c1ccc2c(c1)sc1ccc(-c3ccc(-c4ccc5ccc6ccc(-c7ccc(-c8ccc9sc%10ccccc%10c9c8)cc7)nc6c5n4)cc3)cc12. The number of pyridine rings is 2. The minimum absolute atomic E-state index is 0.920. The summed E-state index contributed by atoms with van der Waals surface area (Å²) in [6.07, 6.45) is 0. The molecule has 7 aromatic carbocycles. The van der Waals surface area contributed by atoms with E-state index in [-0.39, 0.29) is 0 Å². The molecule has 0 spiro atoms. The predicted octanol–water partition coefficient (Wildman–Crippen LogP) is 14.2. The van der Waals surface area contributed by atoms with Crippen molar-refractivity contribution < 1.29 is 0 Å². The summed E-state index contributed by atoms with van der Waals surface area (Å²) < 4.78 is 5.31. The van der Waals surface area contributed by atoms with Crippen molar-refractivity contribution >= 4 is 84.8 Å². The average molecular weight is 697 g/mol. The molecule has 0 N–H and O–H groups in total. The molecular formula is C48H28N2S2. The van der Waals surface area contributed by atoms with Crippen LogP contribution in [-0.2, 0) is 0 Å². The van der Waals surface area contributed by atoms with Crippen molar-refractivity contribution in [2.24, 2.45) is 0 Å². The molecule has 242 valence electrons. The quantitative estimate of drug-likeness (QED) is 0.171. The van der Waals surface area contributed by atoms with Crippen LogP contribution < -0.4 is 0 Å². The van der Waals surface area contributed by atoms with Crippen molar-refractivity contribution in [1.82, 2.24) is 9.97 Å². The lowest BCUT2D eigenvalue weighted by atomic mass is 10.00. The Morgan fingerprint density at radius 2 is 0.654 bits per heavy atom. The number of hydrogen-bond acceptors (Lipinski definition) is 4. The van der Waals surface area contributed by atoms with Gasteiger partial charge in [0, 0.05) is 62.2 Å². The average Bonchev–Trinajstić information content (AvgIpc) is 3.78. The van der Waals surface area contributed by atoms with Gasteiger partial charge in [0.15, 0.2) is 0 Å². The summed E-state index contributed by atoms with van der Waals surface area (Å²) >= 11 is 3.71. The summed E-state index contributed by atoms with van der Waals surface area (Å²) in [6.45, 7) is 0. The Morgan fingerprint density at radius 3 is 1.12 bits per heavy atom. The summed E-state index contributed by atoms with van der Waals surface area (Å²) in [5, 5.41) is 7.45. The molecule has 0 aliphatic carbocycles. The number of thiophene rings is 2. The van der Waals surface area contributed by atoms with Crippen LogP contribution >= 0.6 is 22.7 Å². The van der Waals surface area contributed by atoms with E-state index in [2.05, 4.69) is 170 Å². The zero-order valence-electron chi connectivity index (χ0n) is 27.9. The fourth-order valence-corrected chi connectivity index (χ4v) is 9.74. The van der Waals surface area contributed by atoms with E-state index in [1.54, 1.807) is 0 Å². The Hall–Kier alpha value is -6.20. The second-order valence-electron chi connectivity index (χ2n) is 13.4. The van der Waals surface area contributed by atoms with Crippen LogP contribution in [0.3, 0.4) is 0 Å². The molecule has 52 heavy (non-hydrogen) atoms. The largest absolute Gasteiger partial charge is 0.245 e. The van der Waals surface area contributed by atoms with E-state index in [9.17, 15) is 0 Å². The number of fused-ring (bicyclic) bond motifs is 9. The third-order valence-corrected chi connectivity index (χ3v) is 12.6. The lowest BCUT2D eigenvalue weighted by Crippen LogP contribution is -1.91. The fraction of sp³-hybridized carbons (Fsp3) is 0. The first-order chi connectivity index (χ1) is 25.7. The van der Waals surface area contributed by atoms with Crippen LogP contribution in [-0.4, -0.2) is 9.97 Å². The molecule has 4 heteroatoms. The van der Waals surface area contributed by atoms with Gasteiger partial charge in [0.2, 0.25) is 0 Å². The molecular weight excluding hydrogens is 669 g/mol. The van der Waals surface area contributed by atoms with Gasteiger partial charge in [-0.1, -0.05) is 121 Å². The van der Waals surface area contributed by atoms with Crippen molar-refractivity contribution in [2.75, 3.05) is 0 Å². The third-order valence-electron chi connectivity index (χ3n) is 10.3. The molecule has 11 aromatic rings. The molecule has 2 nitrogen and oxygen atoms in total. The first kappa shape index (κ1) is 29.5. The maximum atomic E-state index is 5.21. The van der Waals surface area contributed by atoms with E-state index >= 15 is 0 Å². The van der Waals surface area contributed by atoms with E-state index < -0.39 is 0 Å². The van der Waals surface area contributed by atoms with E-state index in [0.29, 0.717) is 0 Å². The van der Waals surface area contributed by atoms with Gasteiger partial charge in [-0.2, -0.15) is 0 Å². The third kappa shape index (κ3) is 4.84. The number of hydrogen-bond donors (Lipinski definition) is 0. The Morgan fingerprint density at radius 1 is 0.288 bits per heavy atom. The molecule has 0 radical (unpaired) electrons. The Kier molecular flexibility index (Phi) is 6.63. The van der Waals surface area contributed by atoms with Crippen molar-refractivity contribution in [3.05, 3.63) is 170 Å². The second kappa shape index (κ2) is 11.7. The zero-order chi connectivity index (χ0) is 34.2. The fourth-order valence-electron chi connectivity index (χ4n) is 7.57. The molecule has 11 rings (SSSR count). The number of aromatic nitrogens is 2. The number of rotatable bonds is 4. The molecule has 0 bridgehead atoms. The second-order valence-corrected chi connectivity index (χ2v) is 15.5. The maximum absolute atomic E-state index is 5.21. The van der Waals surface area contributed by atoms with Crippen LogP contribution in [0, 0.1) is 0 Å². The maximum Gasteiger partial charge on any atom is 0.0972 e. The Bertz CT molecular complexity index is 2950. The highest BCUT2D eigenvalue weighted by Gasteiger charge is 2.12. The first-order valence-electron chi connectivity index (χ1n) is 17.5. The van der Waals surface area contributed by atoms with Gasteiger partial charge < -0.3 is 0 Å². The molecule has 0 amide bonds. The van der Waals surface area contributed by atoms with Crippen molar-refractivity contribution in [2.45, 2.75) is 0 Å². The molecule has 0 fully saturated rings. The standard InChI is InChI=1S/C48H28N2S2/c1-3-7-43-37(5-1)39-27-35(21-25-45(39)51-43)29-9-13-31(14-10-29)41-23-19-33-17-18-34-20-24-42(50-48(34)47(33)49-41)32-15-11-30(12-16-32)36-22-26-46-40(28-36)38-6-2-4-8-44(38)52-46/h1-28H. The van der Waals surface area contributed by atoms with Gasteiger partial charge in [-0.15, -0.1) is 22.7 Å². The molecule has 0 saturated heterocycles. The predicted molar refractivity (Wildman–Crippen MR) is 225 cm³/mol. The van der Waals surface area contributed by atoms with Crippen LogP contribution in [0.5, 0.6) is 0 Å². The van der Waals surface area contributed by atoms with Gasteiger partial charge in [0.05, 0.1) is 22.4 Å². The Balaban J connectivity index is 0.921. The number of benzene rings is 7. The molecule has 0 aliphatic rings. The molecule has 0 atom stereocenters. The molecule has 4 aromatic heterocycles. The van der Waals surface area contributed by atoms with Crippen molar-refractivity contribution in [3.63, 3.8) is 0 Å².